The van der Waals surface area contributed by atoms with Crippen molar-refractivity contribution in [3.63, 3.8) is 0 Å². The van der Waals surface area contributed by atoms with Crippen molar-refractivity contribution in [2.75, 3.05) is 0 Å². The van der Waals surface area contributed by atoms with Crippen molar-refractivity contribution < 1.29 is 30.9 Å². The van der Waals surface area contributed by atoms with Gasteiger partial charge in [0, 0.05) is 13.8 Å². The van der Waals surface area contributed by atoms with E-state index in [-0.39, 0.29) is 5.54 Å². The smallest absolute Gasteiger partial charge is 0.266 e. The van der Waals surface area contributed by atoms with Crippen molar-refractivity contribution in [3.8, 4) is 0 Å². The van der Waals surface area contributed by atoms with Gasteiger partial charge in [0.2, 0.25) is 0 Å². The van der Waals surface area contributed by atoms with E-state index in [0.717, 1.165) is 41.4 Å². The van der Waals surface area contributed by atoms with E-state index in [9.17, 15) is 26.3 Å². The fourth-order valence-electron chi connectivity index (χ4n) is 6.48. The highest BCUT2D eigenvalue weighted by molar-refractivity contribution is 7.10. The van der Waals surface area contributed by atoms with Gasteiger partial charge in [-0.05, 0) is 34.6 Å². The number of hydrogen-bond donors (Lipinski definition) is 0. The molecule has 1 aliphatic rings. The summed E-state index contributed by atoms with van der Waals surface area (Å²) in [5.41, 5.74) is 2.01. The van der Waals surface area contributed by atoms with E-state index in [1.807, 2.05) is 13.8 Å². The molecule has 2 heterocycles. The predicted molar refractivity (Wildman–Crippen MR) is 131 cm³/mol. The molecule has 0 saturated carbocycles. The predicted octanol–water partition coefficient (Wildman–Crippen LogP) is 5.40. The Balaban J connectivity index is 2.11. The average Bonchev–Trinajstić information content (AvgIpc) is 3.16. The maximum Gasteiger partial charge on any atom is 0.416 e. The van der Waals surface area contributed by atoms with Crippen molar-refractivity contribution in [1.29, 1.82) is 0 Å². The number of fused-ring (bicyclic) bond motifs is 1. The summed E-state index contributed by atoms with van der Waals surface area (Å²) in [5, 5.41) is 0. The van der Waals surface area contributed by atoms with Crippen molar-refractivity contribution >= 4 is 22.8 Å². The molecule has 36 heavy (non-hydrogen) atoms. The molecule has 4 rings (SSSR count). The van der Waals surface area contributed by atoms with Gasteiger partial charge in [0.05, 0.1) is 27.9 Å². The Morgan fingerprint density at radius 2 is 1.14 bits per heavy atom. The average molecular weight is 508 g/mol. The second-order valence-electron chi connectivity index (χ2n) is 11.7. The fraction of sp³-hybridized carbons (Fsp3) is 0.444. The molecule has 1 aliphatic heterocycles. The zero-order chi connectivity index (χ0) is 27.1. The van der Waals surface area contributed by atoms with Gasteiger partial charge in [0.15, 0.2) is 6.15 Å². The van der Waals surface area contributed by atoms with Crippen LogP contribution in [0.1, 0.15) is 57.1 Å². The summed E-state index contributed by atoms with van der Waals surface area (Å²) in [6.07, 6.45) is -10.4. The first-order valence-electron chi connectivity index (χ1n) is 12.0. The molecule has 0 N–H and O–H groups in total. The van der Waals surface area contributed by atoms with Gasteiger partial charge in [-0.15, -0.1) is 6.32 Å². The van der Waals surface area contributed by atoms with E-state index in [2.05, 4.69) is 43.8 Å². The molecule has 2 aromatic carbocycles. The molecule has 9 heteroatoms. The third-order valence-electron chi connectivity index (χ3n) is 7.79. The quantitative estimate of drug-likeness (QED) is 0.249. The highest BCUT2D eigenvalue weighted by Gasteiger charge is 2.55. The topological polar surface area (TPSA) is 8.81 Å². The SMILES string of the molecule is Cc1c(C)[n+]2c(n1C(C)(C)C)[B-](c1ccc(C(F)(F)F)cc1)(c1ccc(C(F)(F)F)cc1)CC2(C)C. The first kappa shape index (κ1) is 26.4. The largest absolute Gasteiger partial charge is 0.416 e. The summed E-state index contributed by atoms with van der Waals surface area (Å²) >= 11 is 0. The standard InChI is InChI=1S/C27H31BF6N2/c1-17-18(2)36-23(35(17)24(3,4)5)28(16-25(36,6)7,21-12-8-19(9-13-21)26(29,30)31)22-14-10-20(11-15-22)27(32,33)34/h8-15H,16H2,1-7H3. The number of nitrogens with zero attached hydrogens (tertiary/aromatic N) is 2. The third-order valence-corrected chi connectivity index (χ3v) is 7.79. The van der Waals surface area contributed by atoms with E-state index < -0.39 is 35.2 Å². The first-order chi connectivity index (χ1) is 16.3. The van der Waals surface area contributed by atoms with Gasteiger partial charge < -0.3 is 0 Å². The summed E-state index contributed by atoms with van der Waals surface area (Å²) < 4.78 is 84.9. The minimum atomic E-state index is -4.49. The Morgan fingerprint density at radius 1 is 0.750 bits per heavy atom. The van der Waals surface area contributed by atoms with Crippen LogP contribution >= 0.6 is 0 Å². The van der Waals surface area contributed by atoms with Gasteiger partial charge in [0.1, 0.15) is 11.4 Å². The summed E-state index contributed by atoms with van der Waals surface area (Å²) in [7, 11) is 0. The van der Waals surface area contributed by atoms with Crippen LogP contribution in [0.5, 0.6) is 0 Å². The van der Waals surface area contributed by atoms with Crippen LogP contribution in [0.25, 0.3) is 0 Å². The van der Waals surface area contributed by atoms with Gasteiger partial charge in [-0.3, -0.25) is 9.13 Å². The van der Waals surface area contributed by atoms with Crippen molar-refractivity contribution in [2.24, 2.45) is 0 Å². The van der Waals surface area contributed by atoms with Crippen molar-refractivity contribution in [3.05, 3.63) is 71.0 Å². The van der Waals surface area contributed by atoms with Crippen molar-refractivity contribution in [1.82, 2.24) is 4.57 Å². The maximum atomic E-state index is 13.4. The zero-order valence-electron chi connectivity index (χ0n) is 21.6. The lowest BCUT2D eigenvalue weighted by molar-refractivity contribution is -0.737. The van der Waals surface area contributed by atoms with Gasteiger partial charge >= 0.3 is 12.4 Å². The Kier molecular flexibility index (Phi) is 5.78. The molecule has 0 amide bonds. The number of rotatable bonds is 2. The molecule has 0 fully saturated rings. The minimum absolute atomic E-state index is 0.374. The monoisotopic (exact) mass is 508 g/mol. The third kappa shape index (κ3) is 3.95. The number of imidazole rings is 1. The van der Waals surface area contributed by atoms with Gasteiger partial charge in [-0.2, -0.15) is 37.3 Å². The fourth-order valence-corrected chi connectivity index (χ4v) is 6.48. The van der Waals surface area contributed by atoms with Crippen molar-refractivity contribution in [2.45, 2.75) is 78.2 Å². The molecule has 0 saturated heterocycles. The van der Waals surface area contributed by atoms with Crippen LogP contribution in [-0.2, 0) is 23.4 Å². The summed E-state index contributed by atoms with van der Waals surface area (Å²) in [6, 6.07) is 10.3. The Hall–Kier alpha value is -2.71. The highest BCUT2D eigenvalue weighted by Crippen LogP contribution is 2.35. The van der Waals surface area contributed by atoms with Crippen LogP contribution in [0.3, 0.4) is 0 Å². The minimum Gasteiger partial charge on any atom is -0.266 e. The van der Waals surface area contributed by atoms with Crippen LogP contribution in [-0.4, -0.2) is 10.7 Å². The van der Waals surface area contributed by atoms with E-state index in [0.29, 0.717) is 17.2 Å². The lowest BCUT2D eigenvalue weighted by atomic mass is 9.16. The number of aromatic nitrogens is 2. The van der Waals surface area contributed by atoms with E-state index in [1.165, 1.54) is 24.3 Å². The molecule has 0 bridgehead atoms. The lowest BCUT2D eigenvalue weighted by Gasteiger charge is -2.38. The van der Waals surface area contributed by atoms with Crippen LogP contribution in [0, 0.1) is 13.8 Å². The number of alkyl halides is 6. The highest BCUT2D eigenvalue weighted by atomic mass is 19.4. The number of halogens is 6. The van der Waals surface area contributed by atoms with Crippen LogP contribution in [0.4, 0.5) is 26.3 Å². The van der Waals surface area contributed by atoms with Gasteiger partial charge in [-0.25, -0.2) is 0 Å². The summed E-state index contributed by atoms with van der Waals surface area (Å²) in [5.74, 6) is 0. The molecular formula is C27H31BF6N2. The number of benzene rings is 2. The van der Waals surface area contributed by atoms with E-state index in [4.69, 9.17) is 0 Å². The van der Waals surface area contributed by atoms with Gasteiger partial charge in [-0.1, -0.05) is 48.5 Å². The molecule has 3 aromatic rings. The second-order valence-corrected chi connectivity index (χ2v) is 11.7. The molecule has 194 valence electrons. The summed E-state index contributed by atoms with van der Waals surface area (Å²) in [6.45, 7) is 14.4. The molecule has 0 atom stereocenters. The lowest BCUT2D eigenvalue weighted by Crippen LogP contribution is -2.72. The maximum absolute atomic E-state index is 13.4. The van der Waals surface area contributed by atoms with Crippen LogP contribution in [0.2, 0.25) is 6.32 Å². The first-order valence-corrected chi connectivity index (χ1v) is 12.0. The molecule has 0 radical (unpaired) electrons. The molecule has 0 unspecified atom stereocenters. The van der Waals surface area contributed by atoms with Crippen LogP contribution in [0.15, 0.2) is 48.5 Å². The molecule has 0 spiro atoms. The van der Waals surface area contributed by atoms with E-state index >= 15 is 0 Å². The van der Waals surface area contributed by atoms with Gasteiger partial charge in [0.25, 0.3) is 0 Å². The Bertz CT molecular complexity index is 1230. The van der Waals surface area contributed by atoms with Crippen LogP contribution < -0.4 is 21.2 Å². The molecule has 2 nitrogen and oxygen atoms in total. The molecule has 0 aliphatic carbocycles. The number of hydrogen-bond acceptors (Lipinski definition) is 0. The normalized spacial score (nSPS) is 17.4. The Morgan fingerprint density at radius 3 is 1.47 bits per heavy atom. The molecule has 1 aromatic heterocycles. The second kappa shape index (κ2) is 7.89. The summed E-state index contributed by atoms with van der Waals surface area (Å²) in [4.78, 5) is 0. The zero-order valence-corrected chi connectivity index (χ0v) is 21.6. The van der Waals surface area contributed by atoms with E-state index in [1.54, 1.807) is 0 Å². The Labute approximate surface area is 207 Å². The molecular weight excluding hydrogens is 477 g/mol.